The van der Waals surface area contributed by atoms with Crippen LogP contribution in [0.1, 0.15) is 29.2 Å². The van der Waals surface area contributed by atoms with Gasteiger partial charge in [-0.3, -0.25) is 4.79 Å². The second-order valence-corrected chi connectivity index (χ2v) is 5.75. The Morgan fingerprint density at radius 1 is 1.35 bits per heavy atom. The maximum Gasteiger partial charge on any atom is 0.289 e. The largest absolute Gasteiger partial charge is 0.453 e. The molecule has 2 aliphatic heterocycles. The summed E-state index contributed by atoms with van der Waals surface area (Å²) >= 11 is 0. The molecule has 3 heterocycles. The Labute approximate surface area is 119 Å². The third-order valence-electron chi connectivity index (χ3n) is 4.47. The van der Waals surface area contributed by atoms with Crippen molar-refractivity contribution in [3.8, 4) is 0 Å². The van der Waals surface area contributed by atoms with Crippen molar-refractivity contribution in [3.63, 3.8) is 0 Å². The Hall–Kier alpha value is -1.33. The normalized spacial score (nSPS) is 26.4. The average molecular weight is 278 g/mol. The van der Waals surface area contributed by atoms with Crippen molar-refractivity contribution in [2.45, 2.75) is 19.4 Å². The van der Waals surface area contributed by atoms with E-state index in [1.807, 2.05) is 11.0 Å². The molecule has 0 spiro atoms. The minimum Gasteiger partial charge on any atom is -0.453 e. The predicted molar refractivity (Wildman–Crippen MR) is 74.4 cm³/mol. The number of nitrogens with zero attached hydrogens (tertiary/aromatic N) is 1. The summed E-state index contributed by atoms with van der Waals surface area (Å²) in [5.41, 5.74) is 0. The zero-order valence-corrected chi connectivity index (χ0v) is 11.9. The first-order chi connectivity index (χ1) is 9.78. The summed E-state index contributed by atoms with van der Waals surface area (Å²) in [7, 11) is 1.62. The van der Waals surface area contributed by atoms with Crippen LogP contribution in [0.4, 0.5) is 0 Å². The lowest BCUT2D eigenvalue weighted by molar-refractivity contribution is 0.0719. The van der Waals surface area contributed by atoms with E-state index >= 15 is 0 Å². The van der Waals surface area contributed by atoms with Crippen molar-refractivity contribution in [1.82, 2.24) is 10.2 Å². The Morgan fingerprint density at radius 3 is 2.70 bits per heavy atom. The molecule has 2 atom stereocenters. The predicted octanol–water partition coefficient (Wildman–Crippen LogP) is 1.50. The Morgan fingerprint density at radius 2 is 2.05 bits per heavy atom. The molecule has 3 rings (SSSR count). The summed E-state index contributed by atoms with van der Waals surface area (Å²) in [4.78, 5) is 14.4. The summed E-state index contributed by atoms with van der Waals surface area (Å²) in [6, 6.07) is 3.57. The molecule has 1 aromatic rings. The van der Waals surface area contributed by atoms with Gasteiger partial charge in [-0.1, -0.05) is 0 Å². The highest BCUT2D eigenvalue weighted by Gasteiger charge is 2.32. The SMILES string of the molecule is COCc1ccc(C(=O)N2CC[C@@H]3CNC[C@@H]3CC2)o1. The van der Waals surface area contributed by atoms with Crippen molar-refractivity contribution in [3.05, 3.63) is 23.7 Å². The van der Waals surface area contributed by atoms with Gasteiger partial charge in [-0.2, -0.15) is 0 Å². The van der Waals surface area contributed by atoms with Gasteiger partial charge in [0, 0.05) is 20.2 Å². The summed E-state index contributed by atoms with van der Waals surface area (Å²) < 4.78 is 10.6. The number of likely N-dealkylation sites (tertiary alicyclic amines) is 1. The van der Waals surface area contributed by atoms with Gasteiger partial charge in [-0.05, 0) is 49.9 Å². The molecule has 0 aromatic carbocycles. The molecule has 5 nitrogen and oxygen atoms in total. The van der Waals surface area contributed by atoms with Crippen LogP contribution in [-0.2, 0) is 11.3 Å². The summed E-state index contributed by atoms with van der Waals surface area (Å²) in [5, 5.41) is 3.45. The lowest BCUT2D eigenvalue weighted by Crippen LogP contribution is -2.32. The molecule has 0 unspecified atom stereocenters. The van der Waals surface area contributed by atoms with Crippen LogP contribution in [-0.4, -0.2) is 44.1 Å². The van der Waals surface area contributed by atoms with Crippen molar-refractivity contribution in [1.29, 1.82) is 0 Å². The number of hydrogen-bond acceptors (Lipinski definition) is 4. The maximum atomic E-state index is 12.5. The highest BCUT2D eigenvalue weighted by Crippen LogP contribution is 2.27. The maximum absolute atomic E-state index is 12.5. The van der Waals surface area contributed by atoms with Crippen LogP contribution in [0.2, 0.25) is 0 Å². The van der Waals surface area contributed by atoms with Gasteiger partial charge in [0.1, 0.15) is 12.4 Å². The molecule has 2 fully saturated rings. The molecule has 0 saturated carbocycles. The number of methoxy groups -OCH3 is 1. The van der Waals surface area contributed by atoms with E-state index in [4.69, 9.17) is 9.15 Å². The smallest absolute Gasteiger partial charge is 0.289 e. The fourth-order valence-electron chi connectivity index (χ4n) is 3.29. The average Bonchev–Trinajstić information content (AvgIpc) is 3.05. The van der Waals surface area contributed by atoms with Crippen LogP contribution in [0.3, 0.4) is 0 Å². The van der Waals surface area contributed by atoms with E-state index in [2.05, 4.69) is 5.32 Å². The highest BCUT2D eigenvalue weighted by molar-refractivity contribution is 5.91. The van der Waals surface area contributed by atoms with Crippen LogP contribution in [0.15, 0.2) is 16.5 Å². The quantitative estimate of drug-likeness (QED) is 0.910. The van der Waals surface area contributed by atoms with Crippen LogP contribution in [0.25, 0.3) is 0 Å². The monoisotopic (exact) mass is 278 g/mol. The molecule has 1 amide bonds. The van der Waals surface area contributed by atoms with Crippen LogP contribution in [0.5, 0.6) is 0 Å². The van der Waals surface area contributed by atoms with Gasteiger partial charge in [0.05, 0.1) is 0 Å². The number of carbonyl (C=O) groups is 1. The lowest BCUT2D eigenvalue weighted by atomic mass is 9.92. The summed E-state index contributed by atoms with van der Waals surface area (Å²) in [5.74, 6) is 2.61. The molecule has 0 radical (unpaired) electrons. The number of hydrogen-bond donors (Lipinski definition) is 1. The standard InChI is InChI=1S/C15H22N2O3/c1-19-10-13-2-3-14(20-13)15(18)17-6-4-11-8-16-9-12(11)5-7-17/h2-3,11-12,16H,4-10H2,1H3/t11-,12+. The first kappa shape index (κ1) is 13.6. The van der Waals surface area contributed by atoms with Crippen LogP contribution in [0, 0.1) is 11.8 Å². The number of fused-ring (bicyclic) bond motifs is 1. The minimum atomic E-state index is 0.0142. The van der Waals surface area contributed by atoms with E-state index in [1.165, 1.54) is 0 Å². The molecule has 110 valence electrons. The summed E-state index contributed by atoms with van der Waals surface area (Å²) in [6.07, 6.45) is 2.18. The number of furan rings is 1. The second kappa shape index (κ2) is 5.97. The van der Waals surface area contributed by atoms with Gasteiger partial charge < -0.3 is 19.4 Å². The molecule has 0 aliphatic carbocycles. The Kier molecular flexibility index (Phi) is 4.08. The van der Waals surface area contributed by atoms with Crippen LogP contribution >= 0.6 is 0 Å². The first-order valence-electron chi connectivity index (χ1n) is 7.35. The number of amides is 1. The summed E-state index contributed by atoms with van der Waals surface area (Å²) in [6.45, 7) is 4.28. The van der Waals surface area contributed by atoms with Gasteiger partial charge in [0.25, 0.3) is 5.91 Å². The first-order valence-corrected chi connectivity index (χ1v) is 7.35. The van der Waals surface area contributed by atoms with Gasteiger partial charge in [0.2, 0.25) is 0 Å². The molecule has 2 aliphatic rings. The van der Waals surface area contributed by atoms with E-state index in [0.717, 1.165) is 50.9 Å². The van der Waals surface area contributed by atoms with Crippen molar-refractivity contribution < 1.29 is 13.9 Å². The third kappa shape index (κ3) is 2.74. The molecule has 1 N–H and O–H groups in total. The fraction of sp³-hybridized carbons (Fsp3) is 0.667. The van der Waals surface area contributed by atoms with Gasteiger partial charge in [-0.15, -0.1) is 0 Å². The van der Waals surface area contributed by atoms with Crippen molar-refractivity contribution in [2.75, 3.05) is 33.3 Å². The number of ether oxygens (including phenoxy) is 1. The number of rotatable bonds is 3. The van der Waals surface area contributed by atoms with E-state index in [1.54, 1.807) is 13.2 Å². The Bertz CT molecular complexity index is 457. The van der Waals surface area contributed by atoms with Gasteiger partial charge >= 0.3 is 0 Å². The third-order valence-corrected chi connectivity index (χ3v) is 4.47. The molecule has 2 saturated heterocycles. The minimum absolute atomic E-state index is 0.0142. The molecule has 0 bridgehead atoms. The highest BCUT2D eigenvalue weighted by atomic mass is 16.5. The van der Waals surface area contributed by atoms with E-state index in [9.17, 15) is 4.79 Å². The number of nitrogens with one attached hydrogen (secondary N) is 1. The van der Waals surface area contributed by atoms with E-state index < -0.39 is 0 Å². The van der Waals surface area contributed by atoms with Crippen LogP contribution < -0.4 is 5.32 Å². The fourth-order valence-corrected chi connectivity index (χ4v) is 3.29. The molecular weight excluding hydrogens is 256 g/mol. The zero-order valence-electron chi connectivity index (χ0n) is 11.9. The topological polar surface area (TPSA) is 54.7 Å². The molecular formula is C15H22N2O3. The van der Waals surface area contributed by atoms with Crippen molar-refractivity contribution >= 4 is 5.91 Å². The van der Waals surface area contributed by atoms with Gasteiger partial charge in [0.15, 0.2) is 5.76 Å². The Balaban J connectivity index is 1.64. The second-order valence-electron chi connectivity index (χ2n) is 5.75. The lowest BCUT2D eigenvalue weighted by Gasteiger charge is -2.19. The number of carbonyl (C=O) groups excluding carboxylic acids is 1. The molecule has 5 heteroatoms. The molecule has 1 aromatic heterocycles. The zero-order chi connectivity index (χ0) is 13.9. The molecule has 20 heavy (non-hydrogen) atoms. The van der Waals surface area contributed by atoms with E-state index in [0.29, 0.717) is 18.1 Å². The van der Waals surface area contributed by atoms with Crippen molar-refractivity contribution in [2.24, 2.45) is 11.8 Å². The van der Waals surface area contributed by atoms with Gasteiger partial charge in [-0.25, -0.2) is 0 Å². The van der Waals surface area contributed by atoms with E-state index in [-0.39, 0.29) is 5.91 Å².